The molecule has 0 aliphatic carbocycles. The number of carbonyl (C=O) groups excluding carboxylic acids is 1. The van der Waals surface area contributed by atoms with Gasteiger partial charge in [-0.15, -0.1) is 0 Å². The van der Waals surface area contributed by atoms with E-state index >= 15 is 0 Å². The molecule has 1 aromatic carbocycles. The number of para-hydroxylation sites is 1. The number of nitrogens with two attached hydrogens (primary N) is 1. The Bertz CT molecular complexity index is 724. The topological polar surface area (TPSA) is 102 Å². The van der Waals surface area contributed by atoms with Gasteiger partial charge in [-0.25, -0.2) is 18.4 Å². The smallest absolute Gasteiger partial charge is 0.321 e. The highest BCUT2D eigenvalue weighted by molar-refractivity contribution is 7.89. The number of rotatable bonds is 5. The van der Waals surface area contributed by atoms with Gasteiger partial charge < -0.3 is 15.0 Å². The van der Waals surface area contributed by atoms with Crippen LogP contribution in [-0.2, 0) is 10.0 Å². The van der Waals surface area contributed by atoms with E-state index in [2.05, 4.69) is 5.32 Å². The normalized spacial score (nSPS) is 18.3. The fourth-order valence-corrected chi connectivity index (χ4v) is 4.02. The number of likely N-dealkylation sites (tertiary alicyclic amines) is 1. The molecule has 0 spiro atoms. The van der Waals surface area contributed by atoms with Crippen LogP contribution >= 0.6 is 11.6 Å². The number of urea groups is 1. The number of ether oxygens (including phenoxy) is 1. The third kappa shape index (κ3) is 6.05. The maximum absolute atomic E-state index is 12.6. The summed E-state index contributed by atoms with van der Waals surface area (Å²) in [6.07, 6.45) is 1.38. The van der Waals surface area contributed by atoms with Crippen molar-refractivity contribution in [3.05, 3.63) is 23.2 Å². The third-order valence-corrected chi connectivity index (χ3v) is 5.07. The van der Waals surface area contributed by atoms with Crippen LogP contribution in [0.5, 0.6) is 5.75 Å². The molecule has 3 N–H and O–H groups in total. The van der Waals surface area contributed by atoms with Gasteiger partial charge in [0.2, 0.25) is 10.0 Å². The molecule has 0 radical (unpaired) electrons. The zero-order valence-electron chi connectivity index (χ0n) is 14.4. The molecule has 0 bridgehead atoms. The second kappa shape index (κ2) is 8.25. The summed E-state index contributed by atoms with van der Waals surface area (Å²) in [5, 5.41) is 8.34. The van der Waals surface area contributed by atoms with Gasteiger partial charge in [0.1, 0.15) is 0 Å². The molecule has 1 heterocycles. The van der Waals surface area contributed by atoms with E-state index in [-0.39, 0.29) is 23.8 Å². The maximum Gasteiger partial charge on any atom is 0.321 e. The Hall–Kier alpha value is -1.51. The van der Waals surface area contributed by atoms with Gasteiger partial charge >= 0.3 is 6.03 Å². The lowest BCUT2D eigenvalue weighted by Gasteiger charge is -2.32. The maximum atomic E-state index is 12.6. The Morgan fingerprint density at radius 1 is 1.48 bits per heavy atom. The Balaban J connectivity index is 2.08. The van der Waals surface area contributed by atoms with Crippen molar-refractivity contribution in [1.29, 1.82) is 0 Å². The van der Waals surface area contributed by atoms with E-state index in [1.807, 2.05) is 13.8 Å². The minimum Gasteiger partial charge on any atom is -0.487 e. The van der Waals surface area contributed by atoms with E-state index in [9.17, 15) is 13.2 Å². The molecule has 1 aliphatic heterocycles. The molecule has 0 aromatic heterocycles. The molecule has 1 fully saturated rings. The molecule has 1 aromatic rings. The van der Waals surface area contributed by atoms with Crippen LogP contribution in [0.25, 0.3) is 0 Å². The molecule has 9 heteroatoms. The largest absolute Gasteiger partial charge is 0.487 e. The van der Waals surface area contributed by atoms with Crippen LogP contribution in [0.2, 0.25) is 5.02 Å². The van der Waals surface area contributed by atoms with Crippen LogP contribution in [-0.4, -0.2) is 44.3 Å². The van der Waals surface area contributed by atoms with Crippen LogP contribution < -0.4 is 15.2 Å². The minimum absolute atomic E-state index is 0.0929. The van der Waals surface area contributed by atoms with E-state index in [0.29, 0.717) is 29.5 Å². The van der Waals surface area contributed by atoms with Crippen molar-refractivity contribution in [1.82, 2.24) is 4.90 Å². The van der Waals surface area contributed by atoms with Gasteiger partial charge in [0.25, 0.3) is 0 Å². The molecule has 1 unspecified atom stereocenters. The van der Waals surface area contributed by atoms with E-state index in [4.69, 9.17) is 21.5 Å². The second-order valence-corrected chi connectivity index (χ2v) is 8.56. The van der Waals surface area contributed by atoms with Gasteiger partial charge in [0.15, 0.2) is 5.75 Å². The summed E-state index contributed by atoms with van der Waals surface area (Å²) in [5.41, 5.74) is 0.486. The zero-order chi connectivity index (χ0) is 18.6. The summed E-state index contributed by atoms with van der Waals surface area (Å²) < 4.78 is 28.2. The molecule has 1 aliphatic rings. The highest BCUT2D eigenvalue weighted by Gasteiger charge is 2.27. The minimum atomic E-state index is -3.55. The quantitative estimate of drug-likeness (QED) is 0.808. The number of carbonyl (C=O) groups is 1. The van der Waals surface area contributed by atoms with Gasteiger partial charge in [-0.1, -0.05) is 17.7 Å². The van der Waals surface area contributed by atoms with Crippen molar-refractivity contribution in [2.75, 3.05) is 24.2 Å². The lowest BCUT2D eigenvalue weighted by atomic mass is 10.0. The zero-order valence-corrected chi connectivity index (χ0v) is 15.9. The number of hydrogen-bond acceptors (Lipinski definition) is 4. The third-order valence-electron chi connectivity index (χ3n) is 3.84. The fraction of sp³-hybridized carbons (Fsp3) is 0.562. The Morgan fingerprint density at radius 3 is 2.84 bits per heavy atom. The number of benzene rings is 1. The van der Waals surface area contributed by atoms with Gasteiger partial charge in [-0.3, -0.25) is 0 Å². The van der Waals surface area contributed by atoms with Crippen molar-refractivity contribution < 1.29 is 17.9 Å². The average Bonchev–Trinajstić information content (AvgIpc) is 2.49. The van der Waals surface area contributed by atoms with Crippen LogP contribution in [0.15, 0.2) is 18.2 Å². The molecular formula is C16H24ClN3O4S. The van der Waals surface area contributed by atoms with Crippen LogP contribution in [0, 0.1) is 5.92 Å². The molecule has 7 nitrogen and oxygen atoms in total. The first kappa shape index (κ1) is 19.8. The average molecular weight is 390 g/mol. The molecule has 140 valence electrons. The van der Waals surface area contributed by atoms with E-state index in [1.165, 1.54) is 0 Å². The Kier molecular flexibility index (Phi) is 6.53. The highest BCUT2D eigenvalue weighted by atomic mass is 35.5. The lowest BCUT2D eigenvalue weighted by Crippen LogP contribution is -2.44. The van der Waals surface area contributed by atoms with Crippen LogP contribution in [0.3, 0.4) is 0 Å². The van der Waals surface area contributed by atoms with Crippen molar-refractivity contribution >= 4 is 33.3 Å². The predicted octanol–water partition coefficient (Wildman–Crippen LogP) is 2.66. The van der Waals surface area contributed by atoms with E-state index in [0.717, 1.165) is 12.8 Å². The second-order valence-electron chi connectivity index (χ2n) is 6.50. The lowest BCUT2D eigenvalue weighted by molar-refractivity contribution is 0.182. The Morgan fingerprint density at radius 2 is 2.20 bits per heavy atom. The van der Waals surface area contributed by atoms with Crippen molar-refractivity contribution in [3.63, 3.8) is 0 Å². The highest BCUT2D eigenvalue weighted by Crippen LogP contribution is 2.34. The van der Waals surface area contributed by atoms with E-state index in [1.54, 1.807) is 23.1 Å². The number of sulfonamides is 1. The van der Waals surface area contributed by atoms with Crippen molar-refractivity contribution in [2.45, 2.75) is 32.8 Å². The van der Waals surface area contributed by atoms with Crippen molar-refractivity contribution in [3.8, 4) is 5.75 Å². The first-order valence-corrected chi connectivity index (χ1v) is 10.3. The molecule has 1 saturated heterocycles. The standard InChI is InChI=1S/C16H24ClN3O4S/c1-11(2)24-15-13(17)6-3-7-14(15)19-16(21)20-8-4-5-12(9-20)10-25(18,22)23/h3,6-7,11-12H,4-5,8-10H2,1-2H3,(H,19,21)(H2,18,22,23). The summed E-state index contributed by atoms with van der Waals surface area (Å²) in [6, 6.07) is 4.83. The molecule has 2 rings (SSSR count). The number of halogens is 1. The monoisotopic (exact) mass is 389 g/mol. The summed E-state index contributed by atoms with van der Waals surface area (Å²) in [6.45, 7) is 4.66. The van der Waals surface area contributed by atoms with Crippen molar-refractivity contribution in [2.24, 2.45) is 11.1 Å². The summed E-state index contributed by atoms with van der Waals surface area (Å²) in [5.74, 6) is 0.154. The molecule has 1 atom stereocenters. The number of piperidine rings is 1. The molecule has 2 amide bonds. The first-order valence-electron chi connectivity index (χ1n) is 8.17. The van der Waals surface area contributed by atoms with Gasteiger partial charge in [0.05, 0.1) is 22.6 Å². The molecule has 25 heavy (non-hydrogen) atoms. The number of hydrogen-bond donors (Lipinski definition) is 2. The number of amides is 2. The number of primary sulfonamides is 1. The van der Waals surface area contributed by atoms with Crippen LogP contribution in [0.4, 0.5) is 10.5 Å². The van der Waals surface area contributed by atoms with Gasteiger partial charge in [-0.05, 0) is 44.7 Å². The number of nitrogens with zero attached hydrogens (tertiary/aromatic N) is 1. The number of nitrogens with one attached hydrogen (secondary N) is 1. The summed E-state index contributed by atoms with van der Waals surface area (Å²) >= 11 is 6.17. The predicted molar refractivity (Wildman–Crippen MR) is 98.5 cm³/mol. The molecule has 0 saturated carbocycles. The first-order chi connectivity index (χ1) is 11.7. The Labute approximate surface area is 153 Å². The van der Waals surface area contributed by atoms with Gasteiger partial charge in [0, 0.05) is 13.1 Å². The molecular weight excluding hydrogens is 366 g/mol. The SMILES string of the molecule is CC(C)Oc1c(Cl)cccc1NC(=O)N1CCCC(CS(N)(=O)=O)C1. The summed E-state index contributed by atoms with van der Waals surface area (Å²) in [7, 11) is -3.55. The van der Waals surface area contributed by atoms with Crippen LogP contribution in [0.1, 0.15) is 26.7 Å². The fourth-order valence-electron chi connectivity index (χ4n) is 2.87. The van der Waals surface area contributed by atoms with E-state index < -0.39 is 10.0 Å². The van der Waals surface area contributed by atoms with Gasteiger partial charge in [-0.2, -0.15) is 0 Å². The summed E-state index contributed by atoms with van der Waals surface area (Å²) in [4.78, 5) is 14.2. The number of anilines is 1.